The molecular formula is C12H14BrNO4S2. The first-order chi connectivity index (χ1) is 9.39. The van der Waals surface area contributed by atoms with Gasteiger partial charge in [0, 0.05) is 13.1 Å². The summed E-state index contributed by atoms with van der Waals surface area (Å²) in [4.78, 5) is 11.1. The summed E-state index contributed by atoms with van der Waals surface area (Å²) in [5, 5.41) is 8.97. The number of fused-ring (bicyclic) bond motifs is 1. The molecule has 3 rings (SSSR count). The third-order valence-corrected chi connectivity index (χ3v) is 8.25. The highest BCUT2D eigenvalue weighted by Crippen LogP contribution is 2.41. The van der Waals surface area contributed by atoms with Gasteiger partial charge in [-0.2, -0.15) is 4.31 Å². The molecule has 2 atom stereocenters. The van der Waals surface area contributed by atoms with Crippen LogP contribution in [-0.2, 0) is 10.0 Å². The summed E-state index contributed by atoms with van der Waals surface area (Å²) >= 11 is 4.12. The molecule has 110 valence electrons. The van der Waals surface area contributed by atoms with Gasteiger partial charge in [0.15, 0.2) is 0 Å². The summed E-state index contributed by atoms with van der Waals surface area (Å²) in [6.45, 7) is 1.13. The van der Waals surface area contributed by atoms with Crippen LogP contribution in [0.1, 0.15) is 28.9 Å². The lowest BCUT2D eigenvalue weighted by molar-refractivity contribution is 0.0702. The number of rotatable bonds is 3. The van der Waals surface area contributed by atoms with Gasteiger partial charge in [-0.3, -0.25) is 0 Å². The van der Waals surface area contributed by atoms with E-state index >= 15 is 0 Å². The number of nitrogens with zero attached hydrogens (tertiary/aromatic N) is 1. The number of carboxylic acid groups (broad SMARTS) is 1. The molecule has 1 aromatic rings. The van der Waals surface area contributed by atoms with E-state index in [2.05, 4.69) is 15.9 Å². The third kappa shape index (κ3) is 2.32. The zero-order chi connectivity index (χ0) is 14.5. The fraction of sp³-hybridized carbons (Fsp3) is 0.583. The summed E-state index contributed by atoms with van der Waals surface area (Å²) in [5.41, 5.74) is 0. The molecule has 0 radical (unpaired) electrons. The topological polar surface area (TPSA) is 74.7 Å². The van der Waals surface area contributed by atoms with Crippen molar-refractivity contribution < 1.29 is 18.3 Å². The first kappa shape index (κ1) is 14.5. The molecule has 0 spiro atoms. The van der Waals surface area contributed by atoms with Crippen molar-refractivity contribution in [2.45, 2.75) is 24.2 Å². The van der Waals surface area contributed by atoms with E-state index in [9.17, 15) is 13.2 Å². The van der Waals surface area contributed by atoms with Crippen molar-refractivity contribution in [3.8, 4) is 0 Å². The zero-order valence-electron chi connectivity index (χ0n) is 10.6. The number of hydrogen-bond acceptors (Lipinski definition) is 4. The highest BCUT2D eigenvalue weighted by Gasteiger charge is 2.42. The van der Waals surface area contributed by atoms with E-state index in [0.29, 0.717) is 28.7 Å². The van der Waals surface area contributed by atoms with Crippen molar-refractivity contribution in [2.24, 2.45) is 11.8 Å². The molecule has 1 aliphatic carbocycles. The highest BCUT2D eigenvalue weighted by atomic mass is 79.9. The molecule has 1 saturated carbocycles. The molecule has 0 bridgehead atoms. The molecule has 8 heteroatoms. The normalized spacial score (nSPS) is 26.9. The number of sulfonamides is 1. The molecule has 1 N–H and O–H groups in total. The average Bonchev–Trinajstić information content (AvgIpc) is 3.00. The minimum Gasteiger partial charge on any atom is -0.477 e. The predicted molar refractivity (Wildman–Crippen MR) is 78.6 cm³/mol. The van der Waals surface area contributed by atoms with Crippen molar-refractivity contribution in [3.05, 3.63) is 14.7 Å². The van der Waals surface area contributed by atoms with Crippen LogP contribution in [0.3, 0.4) is 0 Å². The molecule has 0 amide bonds. The van der Waals surface area contributed by atoms with Gasteiger partial charge < -0.3 is 5.11 Å². The van der Waals surface area contributed by atoms with E-state index in [-0.39, 0.29) is 9.77 Å². The molecule has 1 aromatic heterocycles. The quantitative estimate of drug-likeness (QED) is 0.875. The number of thiophene rings is 1. The summed E-state index contributed by atoms with van der Waals surface area (Å²) in [7, 11) is -3.59. The predicted octanol–water partition coefficient (Wildman–Crippen LogP) is 2.63. The minimum absolute atomic E-state index is 0.0369. The van der Waals surface area contributed by atoms with Crippen LogP contribution in [0.15, 0.2) is 14.7 Å². The van der Waals surface area contributed by atoms with E-state index in [1.807, 2.05) is 0 Å². The van der Waals surface area contributed by atoms with E-state index in [1.54, 1.807) is 0 Å². The summed E-state index contributed by atoms with van der Waals surface area (Å²) in [5.74, 6) is -0.155. The second-order valence-corrected chi connectivity index (χ2v) is 9.60. The Morgan fingerprint density at radius 3 is 2.45 bits per heavy atom. The Balaban J connectivity index is 1.91. The van der Waals surface area contributed by atoms with Crippen LogP contribution >= 0.6 is 27.3 Å². The SMILES string of the molecule is O=C(O)c1cc(S(=O)(=O)N2CC3CCCC3C2)c(Br)s1. The van der Waals surface area contributed by atoms with Crippen LogP contribution in [0.4, 0.5) is 0 Å². The minimum atomic E-state index is -3.59. The molecule has 20 heavy (non-hydrogen) atoms. The van der Waals surface area contributed by atoms with Gasteiger partial charge in [0.25, 0.3) is 0 Å². The number of halogens is 1. The molecule has 1 saturated heterocycles. The standard InChI is InChI=1S/C12H14BrNO4S2/c13-11-10(4-9(19-11)12(15)16)20(17,18)14-5-7-2-1-3-8(7)6-14/h4,7-8H,1-3,5-6H2,(H,15,16). The maximum absolute atomic E-state index is 12.6. The molecular weight excluding hydrogens is 366 g/mol. The van der Waals surface area contributed by atoms with Crippen molar-refractivity contribution in [1.82, 2.24) is 4.31 Å². The lowest BCUT2D eigenvalue weighted by Crippen LogP contribution is -2.29. The molecule has 1 aliphatic heterocycles. The highest BCUT2D eigenvalue weighted by molar-refractivity contribution is 9.11. The molecule has 2 fully saturated rings. The van der Waals surface area contributed by atoms with Gasteiger partial charge in [0.1, 0.15) is 9.77 Å². The first-order valence-corrected chi connectivity index (χ1v) is 9.47. The van der Waals surface area contributed by atoms with Crippen molar-refractivity contribution >= 4 is 43.3 Å². The number of carbonyl (C=O) groups is 1. The molecule has 0 aromatic carbocycles. The zero-order valence-corrected chi connectivity index (χ0v) is 13.8. The number of carboxylic acids is 1. The van der Waals surface area contributed by atoms with E-state index in [1.165, 1.54) is 16.8 Å². The lowest BCUT2D eigenvalue weighted by Gasteiger charge is -2.16. The molecule has 2 aliphatic rings. The summed E-state index contributed by atoms with van der Waals surface area (Å²) in [6, 6.07) is 1.25. The third-order valence-electron chi connectivity index (χ3n) is 4.18. The van der Waals surface area contributed by atoms with Crippen LogP contribution in [0, 0.1) is 11.8 Å². The second kappa shape index (κ2) is 5.08. The Kier molecular flexibility index (Phi) is 3.68. The summed E-state index contributed by atoms with van der Waals surface area (Å²) in [6.07, 6.45) is 3.39. The van der Waals surface area contributed by atoms with E-state index in [0.717, 1.165) is 24.2 Å². The van der Waals surface area contributed by atoms with Crippen molar-refractivity contribution in [3.63, 3.8) is 0 Å². The van der Waals surface area contributed by atoms with Gasteiger partial charge in [-0.1, -0.05) is 6.42 Å². The molecule has 2 heterocycles. The average molecular weight is 380 g/mol. The lowest BCUT2D eigenvalue weighted by atomic mass is 10.0. The van der Waals surface area contributed by atoms with E-state index in [4.69, 9.17) is 5.11 Å². The molecule has 2 unspecified atom stereocenters. The fourth-order valence-corrected chi connectivity index (χ4v) is 7.07. The van der Waals surface area contributed by atoms with Gasteiger partial charge in [-0.15, -0.1) is 11.3 Å². The smallest absolute Gasteiger partial charge is 0.345 e. The Hall–Kier alpha value is -0.440. The van der Waals surface area contributed by atoms with Crippen LogP contribution in [0.2, 0.25) is 0 Å². The Morgan fingerprint density at radius 2 is 1.95 bits per heavy atom. The second-order valence-electron chi connectivity index (χ2n) is 5.33. The maximum atomic E-state index is 12.6. The first-order valence-electron chi connectivity index (χ1n) is 6.42. The van der Waals surface area contributed by atoms with Gasteiger partial charge >= 0.3 is 5.97 Å². The Bertz CT molecular complexity index is 642. The summed E-state index contributed by atoms with van der Waals surface area (Å²) < 4.78 is 27.1. The van der Waals surface area contributed by atoms with Gasteiger partial charge in [0.05, 0.1) is 3.79 Å². The monoisotopic (exact) mass is 379 g/mol. The van der Waals surface area contributed by atoms with Gasteiger partial charge in [0.2, 0.25) is 10.0 Å². The van der Waals surface area contributed by atoms with E-state index < -0.39 is 16.0 Å². The number of aromatic carboxylic acids is 1. The molecule has 5 nitrogen and oxygen atoms in total. The van der Waals surface area contributed by atoms with Crippen LogP contribution in [0.25, 0.3) is 0 Å². The van der Waals surface area contributed by atoms with Crippen LogP contribution in [-0.4, -0.2) is 36.9 Å². The van der Waals surface area contributed by atoms with Crippen molar-refractivity contribution in [1.29, 1.82) is 0 Å². The maximum Gasteiger partial charge on any atom is 0.345 e. The Morgan fingerprint density at radius 1 is 1.35 bits per heavy atom. The van der Waals surface area contributed by atoms with Gasteiger partial charge in [-0.25, -0.2) is 13.2 Å². The van der Waals surface area contributed by atoms with Crippen LogP contribution in [0.5, 0.6) is 0 Å². The Labute approximate surface area is 129 Å². The largest absolute Gasteiger partial charge is 0.477 e. The van der Waals surface area contributed by atoms with Crippen molar-refractivity contribution in [2.75, 3.05) is 13.1 Å². The number of hydrogen-bond donors (Lipinski definition) is 1. The fourth-order valence-electron chi connectivity index (χ4n) is 3.16. The van der Waals surface area contributed by atoms with Crippen LogP contribution < -0.4 is 0 Å². The van der Waals surface area contributed by atoms with Gasteiger partial charge in [-0.05, 0) is 46.7 Å².